The molecular formula is C23H22N4O4S2. The molecule has 2 aliphatic rings. The van der Waals surface area contributed by atoms with Gasteiger partial charge in [-0.05, 0) is 50.1 Å². The Morgan fingerprint density at radius 1 is 1.24 bits per heavy atom. The smallest absolute Gasteiger partial charge is 0.270 e. The number of pyridine rings is 1. The standard InChI is InChI=1S/C23H22N4O4S2/c1-4-26-20(25-11-14-6-7-17-18(8-14)31-12-30-17)15(13(3)16(10-24)21(26)28)9-19-22(29)27(5-2)23(32)33-19/h6-9,25H,4-5,11-12H2,1-3H3/b19-9+. The summed E-state index contributed by atoms with van der Waals surface area (Å²) in [5.74, 6) is 1.72. The highest BCUT2D eigenvalue weighted by atomic mass is 32.2. The Bertz CT molecular complexity index is 1290. The van der Waals surface area contributed by atoms with E-state index in [1.807, 2.05) is 38.1 Å². The molecule has 1 amide bonds. The lowest BCUT2D eigenvalue weighted by molar-refractivity contribution is -0.121. The maximum atomic E-state index is 13.0. The number of nitriles is 1. The molecule has 0 unspecified atom stereocenters. The van der Waals surface area contributed by atoms with Crippen LogP contribution in [0.2, 0.25) is 0 Å². The number of rotatable bonds is 6. The second kappa shape index (κ2) is 9.29. The van der Waals surface area contributed by atoms with Crippen LogP contribution in [0.1, 0.15) is 36.1 Å². The Morgan fingerprint density at radius 2 is 2.00 bits per heavy atom. The van der Waals surface area contributed by atoms with Gasteiger partial charge in [0.05, 0.1) is 4.91 Å². The highest BCUT2D eigenvalue weighted by Crippen LogP contribution is 2.35. The molecule has 0 spiro atoms. The van der Waals surface area contributed by atoms with Gasteiger partial charge in [-0.1, -0.05) is 30.0 Å². The number of nitrogens with one attached hydrogen (secondary N) is 1. The number of hydrogen-bond donors (Lipinski definition) is 1. The quantitative estimate of drug-likeness (QED) is 0.493. The maximum Gasteiger partial charge on any atom is 0.270 e. The van der Waals surface area contributed by atoms with E-state index in [2.05, 4.69) is 5.32 Å². The first-order valence-electron chi connectivity index (χ1n) is 10.4. The molecule has 0 atom stereocenters. The fourth-order valence-corrected chi connectivity index (χ4v) is 5.16. The summed E-state index contributed by atoms with van der Waals surface area (Å²) in [6, 6.07) is 7.66. The van der Waals surface area contributed by atoms with Crippen molar-refractivity contribution >= 4 is 46.1 Å². The van der Waals surface area contributed by atoms with Gasteiger partial charge in [0.1, 0.15) is 21.8 Å². The third-order valence-electron chi connectivity index (χ3n) is 5.55. The van der Waals surface area contributed by atoms with Crippen LogP contribution in [0.15, 0.2) is 27.9 Å². The number of carbonyl (C=O) groups excluding carboxylic acids is 1. The van der Waals surface area contributed by atoms with Crippen LogP contribution in [0.25, 0.3) is 6.08 Å². The van der Waals surface area contributed by atoms with Crippen LogP contribution in [0.4, 0.5) is 5.82 Å². The van der Waals surface area contributed by atoms with Crippen LogP contribution in [0.5, 0.6) is 11.5 Å². The maximum absolute atomic E-state index is 13.0. The number of amides is 1. The summed E-state index contributed by atoms with van der Waals surface area (Å²) in [5.41, 5.74) is 1.75. The Balaban J connectivity index is 1.79. The molecule has 1 fully saturated rings. The number of aromatic nitrogens is 1. The zero-order chi connectivity index (χ0) is 23.7. The van der Waals surface area contributed by atoms with Crippen LogP contribution in [0.3, 0.4) is 0 Å². The van der Waals surface area contributed by atoms with Crippen LogP contribution < -0.4 is 20.3 Å². The van der Waals surface area contributed by atoms with Gasteiger partial charge in [0, 0.05) is 25.2 Å². The van der Waals surface area contributed by atoms with Crippen LogP contribution in [-0.4, -0.2) is 33.0 Å². The number of hydrogen-bond acceptors (Lipinski definition) is 8. The molecule has 170 valence electrons. The summed E-state index contributed by atoms with van der Waals surface area (Å²) < 4.78 is 12.8. The number of likely N-dealkylation sites (N-methyl/N-ethyl adjacent to an activating group) is 1. The van der Waals surface area contributed by atoms with E-state index < -0.39 is 0 Å². The van der Waals surface area contributed by atoms with Gasteiger partial charge in [-0.2, -0.15) is 5.26 Å². The SMILES string of the molecule is CCN1C(=O)/C(=C\c2c(C)c(C#N)c(=O)n(CC)c2NCc2ccc3c(c2)OCO3)SC1=S. The van der Waals surface area contributed by atoms with Crippen LogP contribution in [0, 0.1) is 18.3 Å². The third kappa shape index (κ3) is 4.10. The van der Waals surface area contributed by atoms with Crippen LogP contribution in [-0.2, 0) is 17.9 Å². The van der Waals surface area contributed by atoms with E-state index in [0.29, 0.717) is 57.3 Å². The molecule has 1 saturated heterocycles. The van der Waals surface area contributed by atoms with E-state index in [0.717, 1.165) is 5.56 Å². The van der Waals surface area contributed by atoms with E-state index >= 15 is 0 Å². The molecule has 1 aromatic heterocycles. The molecule has 0 saturated carbocycles. The largest absolute Gasteiger partial charge is 0.454 e. The minimum absolute atomic E-state index is 0.0581. The van der Waals surface area contributed by atoms with Gasteiger partial charge in [0.2, 0.25) is 6.79 Å². The number of thiocarbonyl (C=S) groups is 1. The Labute approximate surface area is 200 Å². The van der Waals surface area contributed by atoms with Gasteiger partial charge in [0.15, 0.2) is 11.5 Å². The molecule has 1 N–H and O–H groups in total. The summed E-state index contributed by atoms with van der Waals surface area (Å²) in [4.78, 5) is 27.8. The average Bonchev–Trinajstić information content (AvgIpc) is 3.37. The summed E-state index contributed by atoms with van der Waals surface area (Å²) in [7, 11) is 0. The van der Waals surface area contributed by atoms with E-state index in [1.54, 1.807) is 13.0 Å². The zero-order valence-corrected chi connectivity index (χ0v) is 20.1. The van der Waals surface area contributed by atoms with Crippen molar-refractivity contribution in [3.8, 4) is 17.6 Å². The molecule has 2 aliphatic heterocycles. The number of fused-ring (bicyclic) bond motifs is 1. The van der Waals surface area contributed by atoms with Crippen LogP contribution >= 0.6 is 24.0 Å². The summed E-state index contributed by atoms with van der Waals surface area (Å²) in [5, 5.41) is 13.0. The predicted octanol–water partition coefficient (Wildman–Crippen LogP) is 3.61. The molecule has 0 bridgehead atoms. The molecule has 0 aliphatic carbocycles. The molecule has 33 heavy (non-hydrogen) atoms. The molecule has 0 radical (unpaired) electrons. The van der Waals surface area contributed by atoms with Gasteiger partial charge < -0.3 is 14.8 Å². The molecule has 3 heterocycles. The Morgan fingerprint density at radius 3 is 2.67 bits per heavy atom. The predicted molar refractivity (Wildman–Crippen MR) is 131 cm³/mol. The lowest BCUT2D eigenvalue weighted by Crippen LogP contribution is -2.28. The van der Waals surface area contributed by atoms with Crippen molar-refractivity contribution in [2.75, 3.05) is 18.7 Å². The second-order valence-electron chi connectivity index (χ2n) is 7.39. The molecule has 8 nitrogen and oxygen atoms in total. The molecular weight excluding hydrogens is 460 g/mol. The van der Waals surface area contributed by atoms with Crippen molar-refractivity contribution in [2.45, 2.75) is 33.9 Å². The number of carbonyl (C=O) groups is 1. The lowest BCUT2D eigenvalue weighted by Gasteiger charge is -2.19. The van der Waals surface area contributed by atoms with E-state index in [-0.39, 0.29) is 23.8 Å². The Kier molecular flexibility index (Phi) is 6.44. The molecule has 1 aromatic carbocycles. The zero-order valence-electron chi connectivity index (χ0n) is 18.4. The lowest BCUT2D eigenvalue weighted by atomic mass is 10.0. The molecule has 2 aromatic rings. The van der Waals surface area contributed by atoms with E-state index in [4.69, 9.17) is 21.7 Å². The van der Waals surface area contributed by atoms with Crippen molar-refractivity contribution in [1.29, 1.82) is 5.26 Å². The van der Waals surface area contributed by atoms with Gasteiger partial charge in [-0.3, -0.25) is 19.1 Å². The van der Waals surface area contributed by atoms with Crippen molar-refractivity contribution in [2.24, 2.45) is 0 Å². The van der Waals surface area contributed by atoms with Crippen molar-refractivity contribution in [1.82, 2.24) is 9.47 Å². The topological polar surface area (TPSA) is 96.6 Å². The van der Waals surface area contributed by atoms with Gasteiger partial charge in [-0.25, -0.2) is 0 Å². The summed E-state index contributed by atoms with van der Waals surface area (Å²) in [6.45, 7) is 6.85. The normalized spacial score (nSPS) is 15.9. The number of nitrogens with zero attached hydrogens (tertiary/aromatic N) is 3. The average molecular weight is 483 g/mol. The Hall–Kier alpha value is -3.29. The van der Waals surface area contributed by atoms with Crippen molar-refractivity contribution < 1.29 is 14.3 Å². The number of benzene rings is 1. The molecule has 4 rings (SSSR count). The van der Waals surface area contributed by atoms with E-state index in [9.17, 15) is 14.9 Å². The number of anilines is 1. The van der Waals surface area contributed by atoms with Gasteiger partial charge in [0.25, 0.3) is 11.5 Å². The third-order valence-corrected chi connectivity index (χ3v) is 6.93. The van der Waals surface area contributed by atoms with Crippen molar-refractivity contribution in [3.05, 3.63) is 55.7 Å². The van der Waals surface area contributed by atoms with Crippen molar-refractivity contribution in [3.63, 3.8) is 0 Å². The second-order valence-corrected chi connectivity index (χ2v) is 9.07. The minimum atomic E-state index is -0.371. The first-order valence-corrected chi connectivity index (χ1v) is 11.7. The first-order chi connectivity index (χ1) is 15.9. The molecule has 10 heteroatoms. The highest BCUT2D eigenvalue weighted by Gasteiger charge is 2.31. The monoisotopic (exact) mass is 482 g/mol. The fourth-order valence-electron chi connectivity index (χ4n) is 3.80. The van der Waals surface area contributed by atoms with Gasteiger partial charge in [-0.15, -0.1) is 0 Å². The highest BCUT2D eigenvalue weighted by molar-refractivity contribution is 8.26. The van der Waals surface area contributed by atoms with Gasteiger partial charge >= 0.3 is 0 Å². The van der Waals surface area contributed by atoms with E-state index in [1.165, 1.54) is 21.2 Å². The summed E-state index contributed by atoms with van der Waals surface area (Å²) in [6.07, 6.45) is 1.72. The fraction of sp³-hybridized carbons (Fsp3) is 0.304. The summed E-state index contributed by atoms with van der Waals surface area (Å²) >= 11 is 6.55. The minimum Gasteiger partial charge on any atom is -0.454 e. The number of ether oxygens (including phenoxy) is 2. The number of thioether (sulfide) groups is 1. The first kappa shape index (κ1) is 22.9.